The Hall–Kier alpha value is -1.73. The standard InChI is InChI=1S/C11H15ClN6O/c1-3-11(2,6-19)17-9-14-8(12)15-10(16-9)18-5-4-13-7-18/h4-5,7,19H,3,6H2,1-2H3,(H,14,15,16,17). The van der Waals surface area contributed by atoms with Crippen LogP contribution in [0.3, 0.4) is 0 Å². The minimum Gasteiger partial charge on any atom is -0.394 e. The first-order valence-corrected chi connectivity index (χ1v) is 6.23. The molecule has 1 unspecified atom stereocenters. The topological polar surface area (TPSA) is 88.8 Å². The molecule has 2 heterocycles. The second-order valence-electron chi connectivity index (χ2n) is 4.40. The number of halogens is 1. The largest absolute Gasteiger partial charge is 0.394 e. The Morgan fingerprint density at radius 3 is 2.79 bits per heavy atom. The molecule has 0 saturated carbocycles. The van der Waals surface area contributed by atoms with Gasteiger partial charge in [0.25, 0.3) is 0 Å². The molecule has 0 aliphatic rings. The van der Waals surface area contributed by atoms with Crippen LogP contribution < -0.4 is 5.32 Å². The third kappa shape index (κ3) is 3.18. The van der Waals surface area contributed by atoms with E-state index in [0.29, 0.717) is 18.3 Å². The molecule has 0 amide bonds. The van der Waals surface area contributed by atoms with Crippen LogP contribution in [0.1, 0.15) is 20.3 Å². The van der Waals surface area contributed by atoms with Gasteiger partial charge in [-0.15, -0.1) is 0 Å². The molecule has 0 aliphatic heterocycles. The predicted octanol–water partition coefficient (Wildman–Crippen LogP) is 1.28. The molecule has 2 rings (SSSR count). The van der Waals surface area contributed by atoms with Crippen molar-refractivity contribution in [3.05, 3.63) is 24.0 Å². The van der Waals surface area contributed by atoms with Gasteiger partial charge in [0, 0.05) is 12.4 Å². The van der Waals surface area contributed by atoms with Crippen molar-refractivity contribution in [2.75, 3.05) is 11.9 Å². The average molecular weight is 283 g/mol. The average Bonchev–Trinajstić information content (AvgIpc) is 2.92. The number of imidazole rings is 1. The first-order valence-electron chi connectivity index (χ1n) is 5.85. The summed E-state index contributed by atoms with van der Waals surface area (Å²) < 4.78 is 1.63. The lowest BCUT2D eigenvalue weighted by Crippen LogP contribution is -2.38. The van der Waals surface area contributed by atoms with Crippen molar-refractivity contribution in [2.24, 2.45) is 0 Å². The van der Waals surface area contributed by atoms with E-state index >= 15 is 0 Å². The van der Waals surface area contributed by atoms with Crippen LogP contribution in [0.2, 0.25) is 5.28 Å². The SMILES string of the molecule is CCC(C)(CO)Nc1nc(Cl)nc(-n2ccnc2)n1. The van der Waals surface area contributed by atoms with E-state index in [9.17, 15) is 5.11 Å². The highest BCUT2D eigenvalue weighted by molar-refractivity contribution is 6.28. The number of aromatic nitrogens is 5. The van der Waals surface area contributed by atoms with E-state index in [1.165, 1.54) is 0 Å². The third-order valence-corrected chi connectivity index (χ3v) is 3.04. The molecule has 0 aromatic carbocycles. The zero-order valence-corrected chi connectivity index (χ0v) is 11.5. The van der Waals surface area contributed by atoms with E-state index in [-0.39, 0.29) is 11.9 Å². The van der Waals surface area contributed by atoms with Crippen LogP contribution >= 0.6 is 11.6 Å². The number of aliphatic hydroxyl groups is 1. The van der Waals surface area contributed by atoms with E-state index in [4.69, 9.17) is 11.6 Å². The maximum atomic E-state index is 9.39. The molecular weight excluding hydrogens is 268 g/mol. The molecule has 102 valence electrons. The highest BCUT2D eigenvalue weighted by atomic mass is 35.5. The number of hydrogen-bond acceptors (Lipinski definition) is 6. The third-order valence-electron chi connectivity index (χ3n) is 2.87. The summed E-state index contributed by atoms with van der Waals surface area (Å²) in [4.78, 5) is 16.2. The Morgan fingerprint density at radius 2 is 2.21 bits per heavy atom. The highest BCUT2D eigenvalue weighted by Gasteiger charge is 2.22. The van der Waals surface area contributed by atoms with E-state index in [2.05, 4.69) is 25.3 Å². The van der Waals surface area contributed by atoms with Crippen LogP contribution in [0.4, 0.5) is 5.95 Å². The fraction of sp³-hybridized carbons (Fsp3) is 0.455. The predicted molar refractivity (Wildman–Crippen MR) is 71.4 cm³/mol. The summed E-state index contributed by atoms with van der Waals surface area (Å²) in [5.74, 6) is 0.693. The Morgan fingerprint density at radius 1 is 1.42 bits per heavy atom. The van der Waals surface area contributed by atoms with Crippen LogP contribution in [0.5, 0.6) is 0 Å². The molecule has 2 aromatic rings. The van der Waals surface area contributed by atoms with Crippen molar-refractivity contribution >= 4 is 17.5 Å². The smallest absolute Gasteiger partial charge is 0.241 e. The van der Waals surface area contributed by atoms with Gasteiger partial charge in [0.05, 0.1) is 12.1 Å². The monoisotopic (exact) mass is 282 g/mol. The van der Waals surface area contributed by atoms with Gasteiger partial charge in [-0.1, -0.05) is 6.92 Å². The molecule has 0 saturated heterocycles. The van der Waals surface area contributed by atoms with Crippen LogP contribution in [-0.4, -0.2) is 41.8 Å². The summed E-state index contributed by atoms with van der Waals surface area (Å²) in [6, 6.07) is 0. The Kier molecular flexibility index (Phi) is 3.96. The molecule has 1 atom stereocenters. The van der Waals surface area contributed by atoms with E-state index < -0.39 is 5.54 Å². The molecular formula is C11H15ClN6O. The summed E-state index contributed by atoms with van der Waals surface area (Å²) in [6.45, 7) is 3.80. The lowest BCUT2D eigenvalue weighted by atomic mass is 10.0. The van der Waals surface area contributed by atoms with Gasteiger partial charge < -0.3 is 10.4 Å². The van der Waals surface area contributed by atoms with Gasteiger partial charge in [-0.2, -0.15) is 15.0 Å². The Labute approximate surface area is 115 Å². The van der Waals surface area contributed by atoms with Gasteiger partial charge >= 0.3 is 0 Å². The van der Waals surface area contributed by atoms with Crippen molar-refractivity contribution in [2.45, 2.75) is 25.8 Å². The first-order chi connectivity index (χ1) is 9.06. The molecule has 19 heavy (non-hydrogen) atoms. The highest BCUT2D eigenvalue weighted by Crippen LogP contribution is 2.17. The van der Waals surface area contributed by atoms with Crippen LogP contribution in [0.25, 0.3) is 5.95 Å². The fourth-order valence-electron chi connectivity index (χ4n) is 1.40. The number of anilines is 1. The lowest BCUT2D eigenvalue weighted by Gasteiger charge is -2.27. The van der Waals surface area contributed by atoms with Crippen LogP contribution in [0.15, 0.2) is 18.7 Å². The molecule has 0 bridgehead atoms. The molecule has 7 nitrogen and oxygen atoms in total. The normalized spacial score (nSPS) is 14.1. The molecule has 8 heteroatoms. The van der Waals surface area contributed by atoms with Gasteiger partial charge in [-0.25, -0.2) is 4.98 Å². The van der Waals surface area contributed by atoms with Gasteiger partial charge in [-0.05, 0) is 24.9 Å². The maximum absolute atomic E-state index is 9.39. The van der Waals surface area contributed by atoms with Crippen LogP contribution in [-0.2, 0) is 0 Å². The van der Waals surface area contributed by atoms with E-state index in [1.54, 1.807) is 23.3 Å². The second kappa shape index (κ2) is 5.50. The molecule has 0 aliphatic carbocycles. The van der Waals surface area contributed by atoms with E-state index in [1.807, 2.05) is 13.8 Å². The minimum atomic E-state index is -0.503. The first kappa shape index (κ1) is 13.7. The molecule has 0 radical (unpaired) electrons. The van der Waals surface area contributed by atoms with Crippen LogP contribution in [0, 0.1) is 0 Å². The van der Waals surface area contributed by atoms with Gasteiger partial charge in [0.2, 0.25) is 17.2 Å². The van der Waals surface area contributed by atoms with Crippen molar-refractivity contribution in [3.8, 4) is 5.95 Å². The van der Waals surface area contributed by atoms with Crippen molar-refractivity contribution in [1.82, 2.24) is 24.5 Å². The summed E-state index contributed by atoms with van der Waals surface area (Å²) in [6.07, 6.45) is 5.61. The van der Waals surface area contributed by atoms with Gasteiger partial charge in [0.15, 0.2) is 0 Å². The summed E-state index contributed by atoms with van der Waals surface area (Å²) >= 11 is 5.88. The van der Waals surface area contributed by atoms with E-state index in [0.717, 1.165) is 0 Å². The zero-order valence-electron chi connectivity index (χ0n) is 10.7. The molecule has 2 N–H and O–H groups in total. The lowest BCUT2D eigenvalue weighted by molar-refractivity contribution is 0.218. The molecule has 2 aromatic heterocycles. The number of rotatable bonds is 5. The second-order valence-corrected chi connectivity index (χ2v) is 4.73. The minimum absolute atomic E-state index is 0.0345. The summed E-state index contributed by atoms with van der Waals surface area (Å²) in [7, 11) is 0. The quantitative estimate of drug-likeness (QED) is 0.859. The molecule has 0 spiro atoms. The number of nitrogens with zero attached hydrogens (tertiary/aromatic N) is 5. The fourth-order valence-corrected chi connectivity index (χ4v) is 1.55. The van der Waals surface area contributed by atoms with Crippen molar-refractivity contribution in [3.63, 3.8) is 0 Å². The van der Waals surface area contributed by atoms with Gasteiger partial charge in [-0.3, -0.25) is 4.57 Å². The Bertz CT molecular complexity index is 540. The zero-order chi connectivity index (χ0) is 13.9. The number of nitrogens with one attached hydrogen (secondary N) is 1. The summed E-state index contributed by atoms with van der Waals surface area (Å²) in [5.41, 5.74) is -0.503. The number of hydrogen-bond donors (Lipinski definition) is 2. The number of aliphatic hydroxyl groups excluding tert-OH is 1. The van der Waals surface area contributed by atoms with Gasteiger partial charge in [0.1, 0.15) is 6.33 Å². The maximum Gasteiger partial charge on any atom is 0.241 e. The molecule has 0 fully saturated rings. The van der Waals surface area contributed by atoms with Crippen molar-refractivity contribution in [1.29, 1.82) is 0 Å². The summed E-state index contributed by atoms with van der Waals surface area (Å²) in [5, 5.41) is 12.5. The van der Waals surface area contributed by atoms with Crippen molar-refractivity contribution < 1.29 is 5.11 Å². The Balaban J connectivity index is 2.32.